The van der Waals surface area contributed by atoms with Gasteiger partial charge in [0.2, 0.25) is 5.82 Å². The molecule has 0 radical (unpaired) electrons. The first kappa shape index (κ1) is 17.6. The number of thiophene rings is 1. The zero-order valence-electron chi connectivity index (χ0n) is 13.8. The van der Waals surface area contributed by atoms with E-state index in [0.29, 0.717) is 17.2 Å². The molecule has 0 fully saturated rings. The number of hydrogen-bond donors (Lipinski definition) is 1. The van der Waals surface area contributed by atoms with Crippen molar-refractivity contribution in [2.24, 2.45) is 0 Å². The van der Waals surface area contributed by atoms with E-state index in [-0.39, 0.29) is 11.6 Å². The van der Waals surface area contributed by atoms with Crippen LogP contribution in [0.15, 0.2) is 70.5 Å². The van der Waals surface area contributed by atoms with Crippen molar-refractivity contribution in [3.05, 3.63) is 82.2 Å². The number of aromatic nitrogens is 3. The van der Waals surface area contributed by atoms with Crippen LogP contribution in [0.3, 0.4) is 0 Å². The lowest BCUT2D eigenvalue weighted by Crippen LogP contribution is -2.14. The van der Waals surface area contributed by atoms with Gasteiger partial charge in [0.25, 0.3) is 5.91 Å². The van der Waals surface area contributed by atoms with Crippen molar-refractivity contribution in [1.29, 1.82) is 0 Å². The summed E-state index contributed by atoms with van der Waals surface area (Å²) in [6.07, 6.45) is 0. The molecule has 1 N–H and O–H groups in total. The van der Waals surface area contributed by atoms with Crippen LogP contribution in [0.4, 0.5) is 10.1 Å². The van der Waals surface area contributed by atoms with Gasteiger partial charge in [0.15, 0.2) is 5.82 Å². The number of nitrogens with zero attached hydrogens (tertiary/aromatic N) is 3. The summed E-state index contributed by atoms with van der Waals surface area (Å²) in [6.45, 7) is 0. The molecule has 2 aromatic heterocycles. The van der Waals surface area contributed by atoms with Gasteiger partial charge in [0, 0.05) is 4.47 Å². The number of rotatable bonds is 4. The standard InChI is InChI=1S/C19H12BrFN4OS/c20-14-7-1-2-8-15(14)22-19(26)17-23-18(16-9-4-10-27-16)25(24-17)13-6-3-5-12(21)11-13/h1-11H,(H,22,26). The molecule has 0 spiro atoms. The summed E-state index contributed by atoms with van der Waals surface area (Å²) in [6, 6.07) is 17.0. The molecule has 0 saturated heterocycles. The summed E-state index contributed by atoms with van der Waals surface area (Å²) in [5.74, 6) is -0.361. The molecule has 4 aromatic rings. The average molecular weight is 443 g/mol. The van der Waals surface area contributed by atoms with Gasteiger partial charge in [-0.25, -0.2) is 14.1 Å². The minimum absolute atomic E-state index is 0.00147. The summed E-state index contributed by atoms with van der Waals surface area (Å²) in [4.78, 5) is 17.9. The largest absolute Gasteiger partial charge is 0.318 e. The van der Waals surface area contributed by atoms with E-state index in [4.69, 9.17) is 0 Å². The van der Waals surface area contributed by atoms with Crippen molar-refractivity contribution in [2.75, 3.05) is 5.32 Å². The Morgan fingerprint density at radius 2 is 1.96 bits per heavy atom. The fourth-order valence-electron chi connectivity index (χ4n) is 2.50. The number of para-hydroxylation sites is 1. The van der Waals surface area contributed by atoms with Crippen LogP contribution in [-0.4, -0.2) is 20.7 Å². The average Bonchev–Trinajstić information content (AvgIpc) is 3.33. The fraction of sp³-hybridized carbons (Fsp3) is 0. The van der Waals surface area contributed by atoms with Crippen molar-refractivity contribution in [2.45, 2.75) is 0 Å². The van der Waals surface area contributed by atoms with E-state index in [1.165, 1.54) is 28.2 Å². The number of nitrogens with one attached hydrogen (secondary N) is 1. The highest BCUT2D eigenvalue weighted by Crippen LogP contribution is 2.26. The topological polar surface area (TPSA) is 59.8 Å². The maximum absolute atomic E-state index is 13.7. The number of benzene rings is 2. The summed E-state index contributed by atoms with van der Waals surface area (Å²) >= 11 is 4.86. The maximum Gasteiger partial charge on any atom is 0.295 e. The van der Waals surface area contributed by atoms with E-state index in [1.807, 2.05) is 35.7 Å². The van der Waals surface area contributed by atoms with Crippen LogP contribution in [-0.2, 0) is 0 Å². The smallest absolute Gasteiger partial charge is 0.295 e. The van der Waals surface area contributed by atoms with Crippen LogP contribution in [0, 0.1) is 5.82 Å². The molecule has 0 aliphatic rings. The van der Waals surface area contributed by atoms with Gasteiger partial charge in [-0.05, 0) is 57.7 Å². The van der Waals surface area contributed by atoms with E-state index >= 15 is 0 Å². The molecule has 27 heavy (non-hydrogen) atoms. The van der Waals surface area contributed by atoms with Gasteiger partial charge in [-0.1, -0.05) is 24.3 Å². The predicted molar refractivity (Wildman–Crippen MR) is 107 cm³/mol. The number of anilines is 1. The van der Waals surface area contributed by atoms with E-state index in [0.717, 1.165) is 9.35 Å². The molecule has 2 heterocycles. The highest BCUT2D eigenvalue weighted by molar-refractivity contribution is 9.10. The van der Waals surface area contributed by atoms with Gasteiger partial charge in [-0.3, -0.25) is 4.79 Å². The molecule has 1 amide bonds. The first-order valence-electron chi connectivity index (χ1n) is 7.94. The van der Waals surface area contributed by atoms with Crippen molar-refractivity contribution in [1.82, 2.24) is 14.8 Å². The lowest BCUT2D eigenvalue weighted by atomic mass is 10.3. The Morgan fingerprint density at radius 3 is 2.70 bits per heavy atom. The molecular formula is C19H12BrFN4OS. The fourth-order valence-corrected chi connectivity index (χ4v) is 3.58. The Labute approximate surface area is 166 Å². The third-order valence-electron chi connectivity index (χ3n) is 3.73. The van der Waals surface area contributed by atoms with Crippen LogP contribution >= 0.6 is 27.3 Å². The van der Waals surface area contributed by atoms with E-state index < -0.39 is 5.91 Å². The lowest BCUT2D eigenvalue weighted by Gasteiger charge is -2.05. The van der Waals surface area contributed by atoms with Crippen molar-refractivity contribution >= 4 is 38.9 Å². The van der Waals surface area contributed by atoms with E-state index in [9.17, 15) is 9.18 Å². The molecule has 0 atom stereocenters. The molecular weight excluding hydrogens is 431 g/mol. The Hall–Kier alpha value is -2.84. The van der Waals surface area contributed by atoms with Gasteiger partial charge >= 0.3 is 0 Å². The Bertz CT molecular complexity index is 1110. The molecule has 0 aliphatic carbocycles. The quantitative estimate of drug-likeness (QED) is 0.475. The minimum Gasteiger partial charge on any atom is -0.318 e. The van der Waals surface area contributed by atoms with E-state index in [1.54, 1.807) is 18.2 Å². The van der Waals surface area contributed by atoms with Crippen LogP contribution < -0.4 is 5.32 Å². The normalized spacial score (nSPS) is 10.7. The number of hydrogen-bond acceptors (Lipinski definition) is 4. The zero-order chi connectivity index (χ0) is 18.8. The second-order valence-electron chi connectivity index (χ2n) is 5.56. The summed E-state index contributed by atoms with van der Waals surface area (Å²) in [5.41, 5.74) is 1.10. The van der Waals surface area contributed by atoms with Crippen LogP contribution in [0.1, 0.15) is 10.6 Å². The molecule has 0 aliphatic heterocycles. The van der Waals surface area contributed by atoms with Gasteiger partial charge in [-0.2, -0.15) is 0 Å². The highest BCUT2D eigenvalue weighted by atomic mass is 79.9. The Kier molecular flexibility index (Phi) is 4.83. The van der Waals surface area contributed by atoms with Crippen molar-refractivity contribution < 1.29 is 9.18 Å². The molecule has 5 nitrogen and oxygen atoms in total. The second kappa shape index (κ2) is 7.42. The second-order valence-corrected chi connectivity index (χ2v) is 7.36. The summed E-state index contributed by atoms with van der Waals surface area (Å²) < 4.78 is 15.9. The van der Waals surface area contributed by atoms with Crippen molar-refractivity contribution in [3.63, 3.8) is 0 Å². The number of halogens is 2. The molecule has 0 saturated carbocycles. The predicted octanol–water partition coefficient (Wildman–Crippen LogP) is 5.15. The van der Waals surface area contributed by atoms with Gasteiger partial charge in [0.05, 0.1) is 16.3 Å². The summed E-state index contributed by atoms with van der Waals surface area (Å²) in [7, 11) is 0. The lowest BCUT2D eigenvalue weighted by molar-refractivity contribution is 0.101. The highest BCUT2D eigenvalue weighted by Gasteiger charge is 2.20. The van der Waals surface area contributed by atoms with Crippen LogP contribution in [0.5, 0.6) is 0 Å². The Balaban J connectivity index is 1.75. The van der Waals surface area contributed by atoms with Gasteiger partial charge in [0.1, 0.15) is 5.82 Å². The van der Waals surface area contributed by atoms with E-state index in [2.05, 4.69) is 31.3 Å². The minimum atomic E-state index is -0.449. The van der Waals surface area contributed by atoms with Crippen LogP contribution in [0.25, 0.3) is 16.4 Å². The molecule has 8 heteroatoms. The molecule has 0 bridgehead atoms. The number of amides is 1. The SMILES string of the molecule is O=C(Nc1ccccc1Br)c1nc(-c2cccs2)n(-c2cccc(F)c2)n1. The zero-order valence-corrected chi connectivity index (χ0v) is 16.2. The first-order chi connectivity index (χ1) is 13.1. The van der Waals surface area contributed by atoms with Gasteiger partial charge < -0.3 is 5.32 Å². The summed E-state index contributed by atoms with van der Waals surface area (Å²) in [5, 5.41) is 9.01. The Morgan fingerprint density at radius 1 is 1.11 bits per heavy atom. The first-order valence-corrected chi connectivity index (χ1v) is 9.62. The number of carbonyl (C=O) groups is 1. The molecule has 0 unspecified atom stereocenters. The van der Waals surface area contributed by atoms with Gasteiger partial charge in [-0.15, -0.1) is 16.4 Å². The van der Waals surface area contributed by atoms with Crippen molar-refractivity contribution in [3.8, 4) is 16.4 Å². The molecule has 2 aromatic carbocycles. The molecule has 4 rings (SSSR count). The monoisotopic (exact) mass is 442 g/mol. The maximum atomic E-state index is 13.7. The third kappa shape index (κ3) is 3.67. The molecule has 134 valence electrons. The number of carbonyl (C=O) groups excluding carboxylic acids is 1. The third-order valence-corrected chi connectivity index (χ3v) is 5.28. The van der Waals surface area contributed by atoms with Crippen LogP contribution in [0.2, 0.25) is 0 Å².